The molecule has 2 aromatic carbocycles. The molecule has 0 unspecified atom stereocenters. The number of nitrogen functional groups attached to an aromatic ring is 1. The van der Waals surface area contributed by atoms with Gasteiger partial charge >= 0.3 is 5.97 Å². The number of hydrogen-bond donors (Lipinski definition) is 2. The van der Waals surface area contributed by atoms with Crippen molar-refractivity contribution in [3.63, 3.8) is 0 Å². The van der Waals surface area contributed by atoms with Gasteiger partial charge in [-0.25, -0.2) is 8.42 Å². The summed E-state index contributed by atoms with van der Waals surface area (Å²) in [6.45, 7) is 0.202. The summed E-state index contributed by atoms with van der Waals surface area (Å²) >= 11 is 0. The number of sulfone groups is 1. The van der Waals surface area contributed by atoms with Crippen LogP contribution in [0.15, 0.2) is 35.7 Å². The Labute approximate surface area is 187 Å². The Bertz CT molecular complexity index is 1050. The van der Waals surface area contributed by atoms with Gasteiger partial charge in [-0.1, -0.05) is 6.07 Å². The zero-order valence-electron chi connectivity index (χ0n) is 18.2. The van der Waals surface area contributed by atoms with Crippen molar-refractivity contribution in [1.82, 2.24) is 0 Å². The zero-order chi connectivity index (χ0) is 23.7. The molecule has 0 atom stereocenters. The lowest BCUT2D eigenvalue weighted by Crippen LogP contribution is -2.03. The highest BCUT2D eigenvalue weighted by molar-refractivity contribution is 7.93. The minimum atomic E-state index is -3.63. The number of carbonyl (C=O) groups is 1. The largest absolute Gasteiger partial charge is 0.496 e. The Morgan fingerprint density at radius 1 is 1.03 bits per heavy atom. The van der Waals surface area contributed by atoms with Crippen molar-refractivity contribution in [2.24, 2.45) is 0 Å². The Kier molecular flexibility index (Phi) is 8.77. The van der Waals surface area contributed by atoms with Crippen LogP contribution in [0.2, 0.25) is 0 Å². The minimum Gasteiger partial charge on any atom is -0.496 e. The average molecular weight is 466 g/mol. The molecular formula is C22H27NO8S. The Morgan fingerprint density at radius 2 is 1.66 bits per heavy atom. The molecule has 0 radical (unpaired) electrons. The van der Waals surface area contributed by atoms with Gasteiger partial charge in [0.05, 0.1) is 44.9 Å². The third-order valence-corrected chi connectivity index (χ3v) is 5.71. The van der Waals surface area contributed by atoms with Crippen molar-refractivity contribution < 1.29 is 37.3 Å². The quantitative estimate of drug-likeness (QED) is 0.358. The van der Waals surface area contributed by atoms with Gasteiger partial charge in [0.1, 0.15) is 23.0 Å². The van der Waals surface area contributed by atoms with E-state index in [2.05, 4.69) is 0 Å². The highest BCUT2D eigenvalue weighted by Gasteiger charge is 2.15. The van der Waals surface area contributed by atoms with Crippen LogP contribution in [0.5, 0.6) is 23.0 Å². The van der Waals surface area contributed by atoms with E-state index in [1.165, 1.54) is 27.4 Å². The number of ether oxygens (including phenoxy) is 4. The maximum absolute atomic E-state index is 12.6. The van der Waals surface area contributed by atoms with Crippen LogP contribution < -0.4 is 24.7 Å². The number of carboxylic acid groups (broad SMARTS) is 1. The SMILES string of the molecule is COc1ccc(CS(=O)(=O)/C=C/c2c(OC)cc(OCCCC(=O)O)cc2OC)cc1N. The lowest BCUT2D eigenvalue weighted by molar-refractivity contribution is -0.137. The van der Waals surface area contributed by atoms with Crippen LogP contribution in [0.25, 0.3) is 6.08 Å². The molecule has 0 saturated heterocycles. The number of nitrogens with two attached hydrogens (primary N) is 1. The number of methoxy groups -OCH3 is 3. The van der Waals surface area contributed by atoms with E-state index in [1.54, 1.807) is 30.3 Å². The first-order chi connectivity index (χ1) is 15.2. The fourth-order valence-corrected chi connectivity index (χ4v) is 3.99. The van der Waals surface area contributed by atoms with Gasteiger partial charge in [0.15, 0.2) is 9.84 Å². The summed E-state index contributed by atoms with van der Waals surface area (Å²) in [5.41, 5.74) is 7.15. The minimum absolute atomic E-state index is 0.00715. The van der Waals surface area contributed by atoms with Gasteiger partial charge in [-0.05, 0) is 30.2 Å². The fraction of sp³-hybridized carbons (Fsp3) is 0.318. The maximum atomic E-state index is 12.6. The van der Waals surface area contributed by atoms with Gasteiger partial charge in [0.25, 0.3) is 0 Å². The summed E-state index contributed by atoms with van der Waals surface area (Å²) in [4.78, 5) is 10.6. The summed E-state index contributed by atoms with van der Waals surface area (Å²) in [6, 6.07) is 7.98. The Morgan fingerprint density at radius 3 is 2.19 bits per heavy atom. The molecule has 0 fully saturated rings. The van der Waals surface area contributed by atoms with E-state index in [9.17, 15) is 13.2 Å². The molecule has 0 bridgehead atoms. The number of rotatable bonds is 12. The Hall–Kier alpha value is -3.40. The predicted molar refractivity (Wildman–Crippen MR) is 121 cm³/mol. The molecule has 0 aliphatic carbocycles. The molecule has 0 heterocycles. The molecule has 0 spiro atoms. The molecule has 3 N–H and O–H groups in total. The molecule has 2 rings (SSSR count). The van der Waals surface area contributed by atoms with Crippen molar-refractivity contribution in [2.75, 3.05) is 33.7 Å². The van der Waals surface area contributed by atoms with Gasteiger partial charge in [-0.15, -0.1) is 0 Å². The van der Waals surface area contributed by atoms with Crippen LogP contribution in [0, 0.1) is 0 Å². The summed E-state index contributed by atoms with van der Waals surface area (Å²) in [5.74, 6) is 0.435. The van der Waals surface area contributed by atoms with Crippen LogP contribution in [0.1, 0.15) is 24.0 Å². The van der Waals surface area contributed by atoms with E-state index in [4.69, 9.17) is 29.8 Å². The summed E-state index contributed by atoms with van der Waals surface area (Å²) in [5, 5.41) is 9.79. The van der Waals surface area contributed by atoms with Gasteiger partial charge in [0, 0.05) is 24.0 Å². The number of aliphatic carboxylic acids is 1. The molecule has 0 amide bonds. The maximum Gasteiger partial charge on any atom is 0.303 e. The number of hydrogen-bond acceptors (Lipinski definition) is 8. The molecule has 0 aliphatic heterocycles. The van der Waals surface area contributed by atoms with Crippen molar-refractivity contribution >= 4 is 27.6 Å². The summed E-state index contributed by atoms with van der Waals surface area (Å²) < 4.78 is 46.6. The highest BCUT2D eigenvalue weighted by atomic mass is 32.2. The lowest BCUT2D eigenvalue weighted by atomic mass is 10.1. The number of anilines is 1. The van der Waals surface area contributed by atoms with Gasteiger partial charge in [0.2, 0.25) is 0 Å². The molecule has 2 aromatic rings. The van der Waals surface area contributed by atoms with Crippen molar-refractivity contribution in [1.29, 1.82) is 0 Å². The molecule has 0 aliphatic rings. The highest BCUT2D eigenvalue weighted by Crippen LogP contribution is 2.35. The van der Waals surface area contributed by atoms with E-state index >= 15 is 0 Å². The van der Waals surface area contributed by atoms with Crippen LogP contribution in [-0.4, -0.2) is 47.4 Å². The second-order valence-electron chi connectivity index (χ2n) is 6.77. The van der Waals surface area contributed by atoms with Crippen LogP contribution in [0.4, 0.5) is 5.69 Å². The third-order valence-electron chi connectivity index (χ3n) is 4.43. The zero-order valence-corrected chi connectivity index (χ0v) is 19.0. The first-order valence-corrected chi connectivity index (χ1v) is 11.3. The van der Waals surface area contributed by atoms with E-state index in [1.807, 2.05) is 0 Å². The molecule has 0 aromatic heterocycles. The molecule has 9 nitrogen and oxygen atoms in total. The van der Waals surface area contributed by atoms with Gasteiger partial charge in [-0.2, -0.15) is 0 Å². The third kappa shape index (κ3) is 7.09. The van der Waals surface area contributed by atoms with Crippen LogP contribution in [0.3, 0.4) is 0 Å². The second kappa shape index (κ2) is 11.3. The van der Waals surface area contributed by atoms with Crippen molar-refractivity contribution in [2.45, 2.75) is 18.6 Å². The van der Waals surface area contributed by atoms with E-state index in [0.29, 0.717) is 46.2 Å². The van der Waals surface area contributed by atoms with Gasteiger partial charge < -0.3 is 29.8 Å². The van der Waals surface area contributed by atoms with Crippen LogP contribution >= 0.6 is 0 Å². The fourth-order valence-electron chi connectivity index (χ4n) is 2.90. The average Bonchev–Trinajstić information content (AvgIpc) is 2.74. The van der Waals surface area contributed by atoms with E-state index < -0.39 is 15.8 Å². The molecular weight excluding hydrogens is 438 g/mol. The van der Waals surface area contributed by atoms with Gasteiger partial charge in [-0.3, -0.25) is 4.79 Å². The Balaban J connectivity index is 2.22. The summed E-state index contributed by atoms with van der Waals surface area (Å²) in [7, 11) is 0.733. The lowest BCUT2D eigenvalue weighted by Gasteiger charge is -2.14. The number of benzene rings is 2. The normalized spacial score (nSPS) is 11.3. The van der Waals surface area contributed by atoms with E-state index in [0.717, 1.165) is 5.41 Å². The standard InChI is InChI=1S/C22H27NO8S/c1-28-19-7-6-15(11-18(19)23)14-32(26,27)10-8-17-20(29-2)12-16(13-21(17)30-3)31-9-4-5-22(24)25/h6-8,10-13H,4-5,9,14,23H2,1-3H3,(H,24,25)/b10-8+. The molecule has 10 heteroatoms. The molecule has 174 valence electrons. The monoisotopic (exact) mass is 465 g/mol. The number of carboxylic acids is 1. The second-order valence-corrected chi connectivity index (χ2v) is 8.66. The predicted octanol–water partition coefficient (Wildman–Crippen LogP) is 3.12. The first-order valence-electron chi connectivity index (χ1n) is 9.63. The van der Waals surface area contributed by atoms with Crippen LogP contribution in [-0.2, 0) is 20.4 Å². The molecule has 0 saturated carbocycles. The first kappa shape index (κ1) is 24.9. The molecule has 32 heavy (non-hydrogen) atoms. The van der Waals surface area contributed by atoms with Crippen molar-refractivity contribution in [3.8, 4) is 23.0 Å². The van der Waals surface area contributed by atoms with Crippen molar-refractivity contribution in [3.05, 3.63) is 46.9 Å². The summed E-state index contributed by atoms with van der Waals surface area (Å²) in [6.07, 6.45) is 1.73. The van der Waals surface area contributed by atoms with E-state index in [-0.39, 0.29) is 18.8 Å². The topological polar surface area (TPSA) is 134 Å². The smallest absolute Gasteiger partial charge is 0.303 e.